The molecule has 1 aliphatic heterocycles. The quantitative estimate of drug-likeness (QED) is 0.800. The van der Waals surface area contributed by atoms with Gasteiger partial charge in [0, 0.05) is 12.2 Å². The van der Waals surface area contributed by atoms with E-state index in [1.165, 1.54) is 17.9 Å². The summed E-state index contributed by atoms with van der Waals surface area (Å²) in [6.07, 6.45) is 1.30. The molecule has 1 heterocycles. The molecule has 0 bridgehead atoms. The predicted molar refractivity (Wildman–Crippen MR) is 67.0 cm³/mol. The third-order valence-electron chi connectivity index (χ3n) is 2.57. The van der Waals surface area contributed by atoms with E-state index in [-0.39, 0.29) is 5.75 Å². The number of hydrogen-bond acceptors (Lipinski definition) is 3. The highest BCUT2D eigenvalue weighted by molar-refractivity contribution is 7.99. The number of hydrogen-bond donors (Lipinski definition) is 2. The topological polar surface area (TPSA) is 32.3 Å². The molecular formula is C11H14ClNOS. The van der Waals surface area contributed by atoms with Crippen molar-refractivity contribution >= 4 is 29.1 Å². The first-order valence-corrected chi connectivity index (χ1v) is 6.59. The number of benzene rings is 1. The van der Waals surface area contributed by atoms with Crippen LogP contribution >= 0.6 is 23.4 Å². The van der Waals surface area contributed by atoms with Gasteiger partial charge in [0.2, 0.25) is 0 Å². The second-order valence-electron chi connectivity index (χ2n) is 3.78. The highest BCUT2D eigenvalue weighted by Gasteiger charge is 2.14. The fourth-order valence-electron chi connectivity index (χ4n) is 1.62. The summed E-state index contributed by atoms with van der Waals surface area (Å²) >= 11 is 7.83. The molecule has 1 atom stereocenters. The average molecular weight is 244 g/mol. The first-order valence-electron chi connectivity index (χ1n) is 5.06. The van der Waals surface area contributed by atoms with Crippen LogP contribution in [0.1, 0.15) is 6.42 Å². The Morgan fingerprint density at radius 2 is 2.40 bits per heavy atom. The molecule has 1 fully saturated rings. The Bertz CT molecular complexity index is 339. The van der Waals surface area contributed by atoms with E-state index in [1.54, 1.807) is 12.1 Å². The second-order valence-corrected chi connectivity index (χ2v) is 5.33. The smallest absolute Gasteiger partial charge is 0.134 e. The van der Waals surface area contributed by atoms with Crippen molar-refractivity contribution in [2.24, 2.45) is 5.92 Å². The number of rotatable bonds is 3. The number of phenolic OH excluding ortho intramolecular Hbond substituents is 1. The molecule has 1 aromatic carbocycles. The number of aromatic hydroxyl groups is 1. The average Bonchev–Trinajstić information content (AvgIpc) is 2.73. The van der Waals surface area contributed by atoms with Gasteiger partial charge in [0.1, 0.15) is 5.75 Å². The van der Waals surface area contributed by atoms with Crippen LogP contribution in [0.4, 0.5) is 5.69 Å². The van der Waals surface area contributed by atoms with Crippen molar-refractivity contribution in [2.45, 2.75) is 6.42 Å². The Labute approximate surface area is 99.0 Å². The van der Waals surface area contributed by atoms with E-state index in [0.29, 0.717) is 5.02 Å². The fourth-order valence-corrected chi connectivity index (χ4v) is 3.09. The Kier molecular flexibility index (Phi) is 3.65. The summed E-state index contributed by atoms with van der Waals surface area (Å²) in [5, 5.41) is 13.0. The monoisotopic (exact) mass is 243 g/mol. The summed E-state index contributed by atoms with van der Waals surface area (Å²) in [7, 11) is 0. The molecule has 15 heavy (non-hydrogen) atoms. The number of thioether (sulfide) groups is 1. The molecule has 4 heteroatoms. The van der Waals surface area contributed by atoms with Gasteiger partial charge in [-0.15, -0.1) is 0 Å². The molecule has 0 spiro atoms. The number of phenols is 1. The molecule has 82 valence electrons. The largest absolute Gasteiger partial charge is 0.506 e. The van der Waals surface area contributed by atoms with Crippen LogP contribution in [0, 0.1) is 5.92 Å². The molecule has 1 aromatic rings. The van der Waals surface area contributed by atoms with Crippen molar-refractivity contribution in [1.29, 1.82) is 0 Å². The van der Waals surface area contributed by atoms with E-state index in [0.717, 1.165) is 18.2 Å². The molecule has 0 saturated carbocycles. The van der Waals surface area contributed by atoms with Crippen LogP contribution in [-0.4, -0.2) is 23.2 Å². The summed E-state index contributed by atoms with van der Waals surface area (Å²) in [5.41, 5.74) is 0.981. The zero-order chi connectivity index (χ0) is 10.7. The molecule has 2 rings (SSSR count). The maximum Gasteiger partial charge on any atom is 0.134 e. The van der Waals surface area contributed by atoms with E-state index in [9.17, 15) is 5.11 Å². The number of anilines is 1. The first-order chi connectivity index (χ1) is 7.25. The second kappa shape index (κ2) is 4.99. The highest BCUT2D eigenvalue weighted by Crippen LogP contribution is 2.27. The van der Waals surface area contributed by atoms with Gasteiger partial charge in [-0.05, 0) is 42.0 Å². The Balaban J connectivity index is 1.90. The van der Waals surface area contributed by atoms with Crippen molar-refractivity contribution in [2.75, 3.05) is 23.4 Å². The van der Waals surface area contributed by atoms with Gasteiger partial charge in [0.05, 0.1) is 5.02 Å². The van der Waals surface area contributed by atoms with Crippen molar-refractivity contribution in [3.05, 3.63) is 23.2 Å². The molecule has 2 N–H and O–H groups in total. The molecule has 1 unspecified atom stereocenters. The minimum atomic E-state index is 0.138. The summed E-state index contributed by atoms with van der Waals surface area (Å²) in [6.45, 7) is 0.994. The number of halogens is 1. The zero-order valence-corrected chi connectivity index (χ0v) is 9.94. The van der Waals surface area contributed by atoms with E-state index in [2.05, 4.69) is 5.32 Å². The van der Waals surface area contributed by atoms with Gasteiger partial charge in [-0.2, -0.15) is 11.8 Å². The lowest BCUT2D eigenvalue weighted by molar-refractivity contribution is 0.475. The van der Waals surface area contributed by atoms with Crippen LogP contribution in [0.5, 0.6) is 5.75 Å². The normalized spacial score (nSPS) is 20.5. The lowest BCUT2D eigenvalue weighted by Gasteiger charge is -2.11. The van der Waals surface area contributed by atoms with Gasteiger partial charge in [0.25, 0.3) is 0 Å². The molecular weight excluding hydrogens is 230 g/mol. The van der Waals surface area contributed by atoms with E-state index >= 15 is 0 Å². The maximum atomic E-state index is 9.26. The maximum absolute atomic E-state index is 9.26. The minimum Gasteiger partial charge on any atom is -0.506 e. The van der Waals surface area contributed by atoms with Crippen molar-refractivity contribution in [3.63, 3.8) is 0 Å². The fraction of sp³-hybridized carbons (Fsp3) is 0.455. The van der Waals surface area contributed by atoms with Gasteiger partial charge in [0.15, 0.2) is 0 Å². The van der Waals surface area contributed by atoms with E-state index < -0.39 is 0 Å². The molecule has 2 nitrogen and oxygen atoms in total. The molecule has 1 aliphatic rings. The van der Waals surface area contributed by atoms with Gasteiger partial charge in [-0.25, -0.2) is 0 Å². The summed E-state index contributed by atoms with van der Waals surface area (Å²) in [6, 6.07) is 5.23. The van der Waals surface area contributed by atoms with Crippen LogP contribution in [0.25, 0.3) is 0 Å². The first kappa shape index (κ1) is 11.0. The van der Waals surface area contributed by atoms with Gasteiger partial charge >= 0.3 is 0 Å². The SMILES string of the molecule is Oc1ccc(NCC2CCSC2)cc1Cl. The third-order valence-corrected chi connectivity index (χ3v) is 4.10. The third kappa shape index (κ3) is 2.95. The van der Waals surface area contributed by atoms with Crippen LogP contribution in [-0.2, 0) is 0 Å². The molecule has 0 aromatic heterocycles. The van der Waals surface area contributed by atoms with Gasteiger partial charge in [-0.3, -0.25) is 0 Å². The van der Waals surface area contributed by atoms with E-state index in [1.807, 2.05) is 17.8 Å². The number of nitrogens with one attached hydrogen (secondary N) is 1. The van der Waals surface area contributed by atoms with Crippen molar-refractivity contribution in [1.82, 2.24) is 0 Å². The predicted octanol–water partition coefficient (Wildman–Crippen LogP) is 3.21. The van der Waals surface area contributed by atoms with Gasteiger partial charge < -0.3 is 10.4 Å². The standard InChI is InChI=1S/C11H14ClNOS/c12-10-5-9(1-2-11(10)14)13-6-8-3-4-15-7-8/h1-2,5,8,13-14H,3-4,6-7H2. The van der Waals surface area contributed by atoms with Crippen LogP contribution in [0.3, 0.4) is 0 Å². The van der Waals surface area contributed by atoms with Crippen LogP contribution in [0.15, 0.2) is 18.2 Å². The zero-order valence-electron chi connectivity index (χ0n) is 8.37. The molecule has 1 saturated heterocycles. The lowest BCUT2D eigenvalue weighted by Crippen LogP contribution is -2.13. The summed E-state index contributed by atoms with van der Waals surface area (Å²) < 4.78 is 0. The Morgan fingerprint density at radius 3 is 3.07 bits per heavy atom. The van der Waals surface area contributed by atoms with Gasteiger partial charge in [-0.1, -0.05) is 11.6 Å². The highest BCUT2D eigenvalue weighted by atomic mass is 35.5. The molecule has 0 radical (unpaired) electrons. The Morgan fingerprint density at radius 1 is 1.53 bits per heavy atom. The minimum absolute atomic E-state index is 0.138. The van der Waals surface area contributed by atoms with Crippen LogP contribution < -0.4 is 5.32 Å². The summed E-state index contributed by atoms with van der Waals surface area (Å²) in [5.74, 6) is 3.43. The van der Waals surface area contributed by atoms with Crippen molar-refractivity contribution < 1.29 is 5.11 Å². The van der Waals surface area contributed by atoms with E-state index in [4.69, 9.17) is 11.6 Å². The molecule has 0 amide bonds. The molecule has 0 aliphatic carbocycles. The summed E-state index contributed by atoms with van der Waals surface area (Å²) in [4.78, 5) is 0. The van der Waals surface area contributed by atoms with Crippen LogP contribution in [0.2, 0.25) is 5.02 Å². The Hall–Kier alpha value is -0.540. The van der Waals surface area contributed by atoms with Crippen molar-refractivity contribution in [3.8, 4) is 5.75 Å². The lowest BCUT2D eigenvalue weighted by atomic mass is 10.1.